The number of likely N-dealkylation sites (tertiary alicyclic amines) is 1. The molecule has 0 radical (unpaired) electrons. The lowest BCUT2D eigenvalue weighted by Crippen LogP contribution is -3.15. The summed E-state index contributed by atoms with van der Waals surface area (Å²) in [5.74, 6) is 0.943. The molecule has 1 aromatic rings. The summed E-state index contributed by atoms with van der Waals surface area (Å²) in [6.07, 6.45) is 2.16. The lowest BCUT2D eigenvalue weighted by Gasteiger charge is -2.32. The van der Waals surface area contributed by atoms with Crippen molar-refractivity contribution in [2.75, 3.05) is 60.0 Å². The Labute approximate surface area is 160 Å². The summed E-state index contributed by atoms with van der Waals surface area (Å²) in [4.78, 5) is 15.5. The molecule has 27 heavy (non-hydrogen) atoms. The normalized spacial score (nSPS) is 19.3. The quantitative estimate of drug-likeness (QED) is 0.680. The highest BCUT2D eigenvalue weighted by Crippen LogP contribution is 2.30. The van der Waals surface area contributed by atoms with Gasteiger partial charge in [0.05, 0.1) is 40.4 Å². The Morgan fingerprint density at radius 2 is 1.74 bits per heavy atom. The number of hydrogen-bond acceptors (Lipinski definition) is 5. The summed E-state index contributed by atoms with van der Waals surface area (Å²) in [6, 6.07) is 4.76. The van der Waals surface area contributed by atoms with E-state index in [4.69, 9.17) is 9.47 Å². The van der Waals surface area contributed by atoms with Crippen molar-refractivity contribution >= 4 is 15.9 Å². The molecule has 150 valence electrons. The number of benzene rings is 1. The molecule has 1 N–H and O–H groups in total. The van der Waals surface area contributed by atoms with Gasteiger partial charge < -0.3 is 19.3 Å². The second-order valence-electron chi connectivity index (χ2n) is 6.94. The minimum absolute atomic E-state index is 0.112. The summed E-state index contributed by atoms with van der Waals surface area (Å²) in [6.45, 7) is 4.13. The third kappa shape index (κ3) is 4.36. The molecule has 2 heterocycles. The van der Waals surface area contributed by atoms with E-state index in [1.807, 2.05) is 4.90 Å². The van der Waals surface area contributed by atoms with E-state index in [0.29, 0.717) is 44.2 Å². The van der Waals surface area contributed by atoms with E-state index >= 15 is 0 Å². The maximum Gasteiger partial charge on any atom is 0.277 e. The summed E-state index contributed by atoms with van der Waals surface area (Å²) >= 11 is 0. The van der Waals surface area contributed by atoms with Crippen molar-refractivity contribution in [2.45, 2.75) is 17.7 Å². The average Bonchev–Trinajstić information content (AvgIpc) is 3.23. The van der Waals surface area contributed by atoms with E-state index in [-0.39, 0.29) is 10.8 Å². The average molecular weight is 399 g/mol. The molecular formula is C18H28N3O5S+. The van der Waals surface area contributed by atoms with Crippen LogP contribution in [0.1, 0.15) is 12.8 Å². The van der Waals surface area contributed by atoms with Crippen LogP contribution in [0.2, 0.25) is 0 Å². The van der Waals surface area contributed by atoms with Gasteiger partial charge in [-0.25, -0.2) is 8.42 Å². The second-order valence-corrected chi connectivity index (χ2v) is 8.84. The van der Waals surface area contributed by atoms with E-state index < -0.39 is 10.0 Å². The first-order valence-corrected chi connectivity index (χ1v) is 10.7. The smallest absolute Gasteiger partial charge is 0.277 e. The number of ether oxygens (including phenoxy) is 2. The highest BCUT2D eigenvalue weighted by molar-refractivity contribution is 7.89. The molecule has 2 aliphatic rings. The van der Waals surface area contributed by atoms with Crippen LogP contribution < -0.4 is 14.4 Å². The maximum absolute atomic E-state index is 13.1. The van der Waals surface area contributed by atoms with E-state index in [2.05, 4.69) is 0 Å². The van der Waals surface area contributed by atoms with E-state index in [9.17, 15) is 13.2 Å². The van der Waals surface area contributed by atoms with Crippen LogP contribution in [0.5, 0.6) is 11.5 Å². The van der Waals surface area contributed by atoms with Gasteiger partial charge in [-0.3, -0.25) is 4.79 Å². The molecule has 3 rings (SSSR count). The maximum atomic E-state index is 13.1. The zero-order chi connectivity index (χ0) is 19.4. The molecule has 0 unspecified atom stereocenters. The molecule has 0 saturated carbocycles. The number of carbonyl (C=O) groups is 1. The number of quaternary nitrogens is 1. The van der Waals surface area contributed by atoms with Gasteiger partial charge in [-0.05, 0) is 25.0 Å². The van der Waals surface area contributed by atoms with Crippen LogP contribution in [0, 0.1) is 0 Å². The monoisotopic (exact) mass is 398 g/mol. The van der Waals surface area contributed by atoms with E-state index in [1.165, 1.54) is 24.6 Å². The highest BCUT2D eigenvalue weighted by Gasteiger charge is 2.34. The molecule has 2 fully saturated rings. The zero-order valence-corrected chi connectivity index (χ0v) is 16.8. The number of methoxy groups -OCH3 is 2. The van der Waals surface area contributed by atoms with Crippen molar-refractivity contribution < 1.29 is 27.6 Å². The molecule has 8 nitrogen and oxygen atoms in total. The van der Waals surface area contributed by atoms with Crippen molar-refractivity contribution in [1.82, 2.24) is 9.21 Å². The molecule has 0 aromatic heterocycles. The number of hydrogen-bond donors (Lipinski definition) is 1. The van der Waals surface area contributed by atoms with Gasteiger partial charge >= 0.3 is 0 Å². The van der Waals surface area contributed by atoms with Crippen LogP contribution in [0.15, 0.2) is 23.1 Å². The molecule has 2 saturated heterocycles. The number of nitrogens with one attached hydrogen (secondary N) is 1. The first kappa shape index (κ1) is 19.9. The van der Waals surface area contributed by atoms with Crippen LogP contribution in [-0.2, 0) is 14.8 Å². The van der Waals surface area contributed by atoms with Crippen molar-refractivity contribution in [2.24, 2.45) is 0 Å². The lowest BCUT2D eigenvalue weighted by molar-refractivity contribution is -0.896. The van der Waals surface area contributed by atoms with Gasteiger partial charge in [-0.1, -0.05) is 0 Å². The van der Waals surface area contributed by atoms with Crippen LogP contribution in [-0.4, -0.2) is 83.6 Å². The Kier molecular flexibility index (Phi) is 6.23. The van der Waals surface area contributed by atoms with Gasteiger partial charge in [-0.15, -0.1) is 0 Å². The number of rotatable bonds is 6. The fourth-order valence-electron chi connectivity index (χ4n) is 3.64. The van der Waals surface area contributed by atoms with Gasteiger partial charge in [0.25, 0.3) is 5.91 Å². The Balaban J connectivity index is 1.65. The summed E-state index contributed by atoms with van der Waals surface area (Å²) in [5, 5.41) is 0. The number of nitrogens with zero attached hydrogens (tertiary/aromatic N) is 2. The molecule has 0 atom stereocenters. The first-order chi connectivity index (χ1) is 13.0. The van der Waals surface area contributed by atoms with Crippen LogP contribution in [0.25, 0.3) is 0 Å². The number of sulfonamides is 1. The topological polar surface area (TPSA) is 80.6 Å². The predicted molar refractivity (Wildman–Crippen MR) is 99.7 cm³/mol. The molecule has 0 spiro atoms. The number of carbonyl (C=O) groups excluding carboxylic acids is 1. The third-order valence-electron chi connectivity index (χ3n) is 5.28. The van der Waals surface area contributed by atoms with Gasteiger partial charge in [-0.2, -0.15) is 4.31 Å². The molecule has 0 bridgehead atoms. The lowest BCUT2D eigenvalue weighted by atomic mass is 10.3. The summed E-state index contributed by atoms with van der Waals surface area (Å²) in [7, 11) is -0.736. The Hall–Kier alpha value is -1.84. The highest BCUT2D eigenvalue weighted by atomic mass is 32.2. The molecule has 1 aromatic carbocycles. The fourth-order valence-corrected chi connectivity index (χ4v) is 5.25. The summed E-state index contributed by atoms with van der Waals surface area (Å²) < 4.78 is 38.0. The van der Waals surface area contributed by atoms with E-state index in [1.54, 1.807) is 12.1 Å². The molecule has 2 aliphatic heterocycles. The van der Waals surface area contributed by atoms with Gasteiger partial charge in [0.15, 0.2) is 6.54 Å². The Bertz CT molecular complexity index is 769. The molecular weight excluding hydrogens is 370 g/mol. The standard InChI is InChI=1S/C18H27N3O5S/c1-25-15-5-6-16(26-2)17(13-15)27(23,24)21-11-9-19(10-12-21)14-18(22)20-7-3-4-8-20/h5-6,13H,3-4,7-12,14H2,1-2H3/p+1. The first-order valence-electron chi connectivity index (χ1n) is 9.29. The third-order valence-corrected chi connectivity index (χ3v) is 7.20. The van der Waals surface area contributed by atoms with Crippen LogP contribution in [0.3, 0.4) is 0 Å². The Morgan fingerprint density at radius 1 is 1.07 bits per heavy atom. The van der Waals surface area contributed by atoms with Crippen molar-refractivity contribution in [1.29, 1.82) is 0 Å². The zero-order valence-electron chi connectivity index (χ0n) is 15.9. The van der Waals surface area contributed by atoms with Crippen LogP contribution >= 0.6 is 0 Å². The van der Waals surface area contributed by atoms with Gasteiger partial charge in [0.2, 0.25) is 10.0 Å². The van der Waals surface area contributed by atoms with Gasteiger partial charge in [0.1, 0.15) is 16.4 Å². The van der Waals surface area contributed by atoms with Gasteiger partial charge in [0, 0.05) is 19.2 Å². The predicted octanol–water partition coefficient (Wildman–Crippen LogP) is -0.785. The molecule has 9 heteroatoms. The molecule has 0 aliphatic carbocycles. The molecule has 1 amide bonds. The SMILES string of the molecule is COc1ccc(OC)c(S(=O)(=O)N2CC[NH+](CC(=O)N3CCCC3)CC2)c1. The fraction of sp³-hybridized carbons (Fsp3) is 0.611. The van der Waals surface area contributed by atoms with Crippen molar-refractivity contribution in [3.05, 3.63) is 18.2 Å². The largest absolute Gasteiger partial charge is 0.497 e. The van der Waals surface area contributed by atoms with E-state index in [0.717, 1.165) is 30.8 Å². The number of amides is 1. The summed E-state index contributed by atoms with van der Waals surface area (Å²) in [5.41, 5.74) is 0. The van der Waals surface area contributed by atoms with Crippen molar-refractivity contribution in [3.8, 4) is 11.5 Å². The number of piperazine rings is 1. The minimum atomic E-state index is -3.69. The Morgan fingerprint density at radius 3 is 2.33 bits per heavy atom. The minimum Gasteiger partial charge on any atom is -0.497 e. The van der Waals surface area contributed by atoms with Crippen LogP contribution in [0.4, 0.5) is 0 Å². The second kappa shape index (κ2) is 8.45. The van der Waals surface area contributed by atoms with Crippen molar-refractivity contribution in [3.63, 3.8) is 0 Å².